The van der Waals surface area contributed by atoms with Crippen molar-refractivity contribution in [3.05, 3.63) is 109 Å². The summed E-state index contributed by atoms with van der Waals surface area (Å²) >= 11 is 0. The topological polar surface area (TPSA) is 213 Å². The lowest BCUT2D eigenvalue weighted by molar-refractivity contribution is -0.385. The van der Waals surface area contributed by atoms with Gasteiger partial charge >= 0.3 is 17.9 Å². The van der Waals surface area contributed by atoms with E-state index in [0.717, 1.165) is 35.4 Å². The van der Waals surface area contributed by atoms with Gasteiger partial charge in [-0.05, 0) is 82.8 Å². The van der Waals surface area contributed by atoms with E-state index < -0.39 is 34.1 Å². The number of benzene rings is 3. The van der Waals surface area contributed by atoms with Crippen LogP contribution in [0.2, 0.25) is 0 Å². The normalized spacial score (nSPS) is 10.6. The Morgan fingerprint density at radius 2 is 1.15 bits per heavy atom. The minimum absolute atomic E-state index is 0.0144. The number of azide groups is 1. The quantitative estimate of drug-likeness (QED) is 0.0195. The highest BCUT2D eigenvalue weighted by Gasteiger charge is 2.22. The van der Waals surface area contributed by atoms with Crippen LogP contribution in [-0.4, -0.2) is 44.8 Å². The summed E-state index contributed by atoms with van der Waals surface area (Å²) in [6, 6.07) is 13.8. The maximum atomic E-state index is 11.5. The van der Waals surface area contributed by atoms with Gasteiger partial charge in [0, 0.05) is 16.7 Å². The maximum Gasteiger partial charge on any atom is 0.342 e. The van der Waals surface area contributed by atoms with Gasteiger partial charge in [0.05, 0.1) is 22.7 Å². The molecular formula is C46H66N4O9. The van der Waals surface area contributed by atoms with E-state index in [1.165, 1.54) is 95.1 Å². The SMILES string of the molecule is CC(C)c1cc(C(C)C)c(C(=O)O)c(C(C)C)c1.CCCCCCCCCCCCCCCCOc1ccc(C(=O)O)cc1.[N-]=[N+]=Nc1ccc([N+](=O)[O-])c(C(=O)O)c1. The molecule has 3 rings (SSSR count). The summed E-state index contributed by atoms with van der Waals surface area (Å²) in [5, 5.41) is 40.6. The number of hydrogen-bond donors (Lipinski definition) is 3. The van der Waals surface area contributed by atoms with Gasteiger partial charge < -0.3 is 20.1 Å². The fraction of sp³-hybridized carbons (Fsp3) is 0.543. The van der Waals surface area contributed by atoms with Crippen LogP contribution in [0.3, 0.4) is 0 Å². The molecule has 0 atom stereocenters. The molecule has 3 aromatic carbocycles. The average Bonchev–Trinajstić information content (AvgIpc) is 3.19. The number of nitro benzene ring substituents is 1. The minimum atomic E-state index is -1.45. The Labute approximate surface area is 350 Å². The molecule has 0 bridgehead atoms. The molecule has 59 heavy (non-hydrogen) atoms. The molecule has 0 heterocycles. The van der Waals surface area contributed by atoms with Crippen LogP contribution in [0, 0.1) is 10.1 Å². The third kappa shape index (κ3) is 20.2. The van der Waals surface area contributed by atoms with E-state index in [0.29, 0.717) is 23.7 Å². The van der Waals surface area contributed by atoms with Crippen LogP contribution in [0.4, 0.5) is 11.4 Å². The number of carboxylic acids is 3. The van der Waals surface area contributed by atoms with E-state index >= 15 is 0 Å². The number of carboxylic acid groups (broad SMARTS) is 3. The number of hydrogen-bond acceptors (Lipinski definition) is 7. The molecule has 0 radical (unpaired) electrons. The molecule has 0 aliphatic carbocycles. The Morgan fingerprint density at radius 3 is 1.53 bits per heavy atom. The van der Waals surface area contributed by atoms with Crippen LogP contribution in [0.25, 0.3) is 10.4 Å². The van der Waals surface area contributed by atoms with Crippen molar-refractivity contribution in [2.24, 2.45) is 5.11 Å². The molecule has 0 aliphatic rings. The second kappa shape index (κ2) is 28.9. The molecule has 0 amide bonds. The lowest BCUT2D eigenvalue weighted by atomic mass is 9.84. The molecule has 0 saturated heterocycles. The zero-order chi connectivity index (χ0) is 44.3. The summed E-state index contributed by atoms with van der Waals surface area (Å²) in [5.74, 6) is -1.52. The molecular weight excluding hydrogens is 753 g/mol. The summed E-state index contributed by atoms with van der Waals surface area (Å²) in [7, 11) is 0. The zero-order valence-corrected chi connectivity index (χ0v) is 36.1. The van der Waals surface area contributed by atoms with Gasteiger partial charge in [0.2, 0.25) is 0 Å². The molecule has 0 spiro atoms. The highest BCUT2D eigenvalue weighted by molar-refractivity contribution is 5.93. The Hall–Kier alpha value is -5.42. The van der Waals surface area contributed by atoms with E-state index in [2.05, 4.69) is 70.6 Å². The number of nitrogens with zero attached hydrogens (tertiary/aromatic N) is 4. The molecule has 3 aromatic rings. The molecule has 0 fully saturated rings. The van der Waals surface area contributed by atoms with E-state index in [9.17, 15) is 29.6 Å². The summed E-state index contributed by atoms with van der Waals surface area (Å²) in [5.41, 5.74) is 11.0. The summed E-state index contributed by atoms with van der Waals surface area (Å²) in [6.45, 7) is 15.5. The van der Waals surface area contributed by atoms with Crippen LogP contribution in [0.5, 0.6) is 5.75 Å². The molecule has 0 aromatic heterocycles. The van der Waals surface area contributed by atoms with E-state index in [4.69, 9.17) is 20.5 Å². The molecule has 13 heteroatoms. The van der Waals surface area contributed by atoms with E-state index in [1.807, 2.05) is 0 Å². The number of unbranched alkanes of at least 4 members (excludes halogenated alkanes) is 13. The largest absolute Gasteiger partial charge is 0.494 e. The van der Waals surface area contributed by atoms with Gasteiger partial charge in [-0.1, -0.05) is 149 Å². The van der Waals surface area contributed by atoms with Gasteiger partial charge in [0.15, 0.2) is 0 Å². The van der Waals surface area contributed by atoms with Crippen LogP contribution in [0.15, 0.2) is 59.7 Å². The van der Waals surface area contributed by atoms with Crippen molar-refractivity contribution in [2.45, 2.75) is 156 Å². The Morgan fingerprint density at radius 1 is 0.678 bits per heavy atom. The first-order chi connectivity index (χ1) is 28.0. The van der Waals surface area contributed by atoms with Gasteiger partial charge in [-0.3, -0.25) is 10.1 Å². The van der Waals surface area contributed by atoms with Gasteiger partial charge in [-0.15, -0.1) is 0 Å². The minimum Gasteiger partial charge on any atom is -0.494 e. The Balaban J connectivity index is 0.000000463. The van der Waals surface area contributed by atoms with E-state index in [1.54, 1.807) is 24.3 Å². The third-order valence-corrected chi connectivity index (χ3v) is 9.78. The Kier molecular flexibility index (Phi) is 25.3. The van der Waals surface area contributed by atoms with Crippen LogP contribution in [0.1, 0.15) is 204 Å². The van der Waals surface area contributed by atoms with Crippen LogP contribution in [-0.2, 0) is 0 Å². The molecule has 0 aliphatic heterocycles. The van der Waals surface area contributed by atoms with Crippen molar-refractivity contribution in [3.8, 4) is 5.75 Å². The first-order valence-corrected chi connectivity index (χ1v) is 21.0. The number of carbonyl (C=O) groups is 3. The third-order valence-electron chi connectivity index (χ3n) is 9.78. The van der Waals surface area contributed by atoms with Crippen LogP contribution < -0.4 is 4.74 Å². The summed E-state index contributed by atoms with van der Waals surface area (Å²) < 4.78 is 5.65. The first-order valence-electron chi connectivity index (χ1n) is 21.0. The number of ether oxygens (including phenoxy) is 1. The maximum absolute atomic E-state index is 11.5. The second-order valence-corrected chi connectivity index (χ2v) is 15.6. The van der Waals surface area contributed by atoms with Crippen molar-refractivity contribution in [1.29, 1.82) is 0 Å². The smallest absolute Gasteiger partial charge is 0.342 e. The lowest BCUT2D eigenvalue weighted by Gasteiger charge is -2.20. The van der Waals surface area contributed by atoms with Crippen molar-refractivity contribution in [2.75, 3.05) is 6.61 Å². The second-order valence-electron chi connectivity index (χ2n) is 15.6. The standard InChI is InChI=1S/C23H38O3.C16H24O2.C7H4N4O4/c1-2-3-4-5-6-7-8-9-10-11-12-13-14-15-20-26-22-18-16-21(17-19-22)23(24)25;1-9(2)12-7-13(10(3)4)15(16(17)18)14(8-12)11(5)6;8-10-9-4-1-2-6(11(14)15)5(3-4)7(12)13/h16-19H,2-15,20H2,1H3,(H,24,25);7-11H,1-6H3,(H,17,18);1-3H,(H,12,13). The average molecular weight is 819 g/mol. The first kappa shape index (κ1) is 51.6. The van der Waals surface area contributed by atoms with Gasteiger partial charge in [-0.25, -0.2) is 14.4 Å². The van der Waals surface area contributed by atoms with E-state index in [-0.39, 0.29) is 17.5 Å². The van der Waals surface area contributed by atoms with Crippen molar-refractivity contribution in [1.82, 2.24) is 0 Å². The molecule has 3 N–H and O–H groups in total. The van der Waals surface area contributed by atoms with Gasteiger partial charge in [-0.2, -0.15) is 0 Å². The van der Waals surface area contributed by atoms with Crippen molar-refractivity contribution >= 4 is 29.3 Å². The molecule has 0 unspecified atom stereocenters. The molecule has 13 nitrogen and oxygen atoms in total. The lowest BCUT2D eigenvalue weighted by Crippen LogP contribution is -2.11. The fourth-order valence-corrected chi connectivity index (χ4v) is 6.35. The summed E-state index contributed by atoms with van der Waals surface area (Å²) in [6.07, 6.45) is 18.9. The zero-order valence-electron chi connectivity index (χ0n) is 36.1. The molecule has 324 valence electrons. The summed E-state index contributed by atoms with van der Waals surface area (Å²) in [4.78, 5) is 45.0. The number of aromatic carboxylic acids is 3. The highest BCUT2D eigenvalue weighted by Crippen LogP contribution is 2.32. The van der Waals surface area contributed by atoms with Gasteiger partial charge in [0.1, 0.15) is 11.3 Å². The highest BCUT2D eigenvalue weighted by atomic mass is 16.6. The van der Waals surface area contributed by atoms with Crippen LogP contribution >= 0.6 is 0 Å². The van der Waals surface area contributed by atoms with Crippen molar-refractivity contribution < 1.29 is 39.4 Å². The predicted octanol–water partition coefficient (Wildman–Crippen LogP) is 14.2. The fourth-order valence-electron chi connectivity index (χ4n) is 6.35. The molecule has 0 saturated carbocycles. The predicted molar refractivity (Wildman–Crippen MR) is 234 cm³/mol. The monoisotopic (exact) mass is 818 g/mol. The van der Waals surface area contributed by atoms with Gasteiger partial charge in [0.25, 0.3) is 5.69 Å². The number of rotatable bonds is 24. The van der Waals surface area contributed by atoms with Crippen molar-refractivity contribution in [3.63, 3.8) is 0 Å². The Bertz CT molecular complexity index is 1770. The number of nitro groups is 1.